The zero-order valence-electron chi connectivity index (χ0n) is 15.1. The second-order valence-corrected chi connectivity index (χ2v) is 6.40. The van der Waals surface area contributed by atoms with Crippen molar-refractivity contribution in [3.8, 4) is 5.82 Å². The van der Waals surface area contributed by atoms with Crippen molar-refractivity contribution in [1.29, 1.82) is 0 Å². The van der Waals surface area contributed by atoms with Crippen LogP contribution in [0.15, 0.2) is 30.6 Å². The van der Waals surface area contributed by atoms with Crippen LogP contribution in [0, 0.1) is 5.92 Å². The van der Waals surface area contributed by atoms with Gasteiger partial charge in [-0.15, -0.1) is 0 Å². The van der Waals surface area contributed by atoms with Gasteiger partial charge in [0.1, 0.15) is 0 Å². The predicted molar refractivity (Wildman–Crippen MR) is 95.6 cm³/mol. The molecule has 0 aliphatic rings. The van der Waals surface area contributed by atoms with E-state index in [9.17, 15) is 9.59 Å². The van der Waals surface area contributed by atoms with E-state index < -0.39 is 0 Å². The Morgan fingerprint density at radius 2 is 1.84 bits per heavy atom. The minimum Gasteiger partial charge on any atom is -0.354 e. The molecule has 2 N–H and O–H groups in total. The van der Waals surface area contributed by atoms with E-state index in [0.717, 1.165) is 5.69 Å². The van der Waals surface area contributed by atoms with E-state index in [-0.39, 0.29) is 23.7 Å². The molecular formula is C18H25N5O2. The lowest BCUT2D eigenvalue weighted by molar-refractivity contribution is -0.123. The Morgan fingerprint density at radius 3 is 2.44 bits per heavy atom. The predicted octanol–water partition coefficient (Wildman–Crippen LogP) is 1.89. The second-order valence-electron chi connectivity index (χ2n) is 6.40. The van der Waals surface area contributed by atoms with Crippen molar-refractivity contribution in [2.45, 2.75) is 33.6 Å². The van der Waals surface area contributed by atoms with Crippen LogP contribution in [0.2, 0.25) is 0 Å². The molecule has 25 heavy (non-hydrogen) atoms. The Balaban J connectivity index is 2.07. The number of carbonyl (C=O) groups excluding carboxylic acids is 2. The number of amides is 2. The molecule has 0 saturated heterocycles. The smallest absolute Gasteiger partial charge is 0.254 e. The molecular weight excluding hydrogens is 318 g/mol. The van der Waals surface area contributed by atoms with Crippen molar-refractivity contribution >= 4 is 11.8 Å². The Labute approximate surface area is 147 Å². The van der Waals surface area contributed by atoms with Crippen LogP contribution in [0.3, 0.4) is 0 Å². The largest absolute Gasteiger partial charge is 0.354 e. The number of hydrogen-bond acceptors (Lipinski definition) is 4. The quantitative estimate of drug-likeness (QED) is 0.752. The average Bonchev–Trinajstić information content (AvgIpc) is 3.04. The van der Waals surface area contributed by atoms with E-state index in [2.05, 4.69) is 20.7 Å². The average molecular weight is 343 g/mol. The van der Waals surface area contributed by atoms with Gasteiger partial charge < -0.3 is 10.6 Å². The number of nitrogens with one attached hydrogen (secondary N) is 2. The van der Waals surface area contributed by atoms with Crippen molar-refractivity contribution in [1.82, 2.24) is 25.4 Å². The van der Waals surface area contributed by atoms with Crippen LogP contribution >= 0.6 is 0 Å². The highest BCUT2D eigenvalue weighted by Crippen LogP contribution is 2.22. The second kappa shape index (κ2) is 8.41. The Kier molecular flexibility index (Phi) is 6.27. The summed E-state index contributed by atoms with van der Waals surface area (Å²) in [6.45, 7) is 8.44. The molecule has 7 nitrogen and oxygen atoms in total. The summed E-state index contributed by atoms with van der Waals surface area (Å²) in [5.41, 5.74) is 1.33. The third-order valence-corrected chi connectivity index (χ3v) is 3.70. The summed E-state index contributed by atoms with van der Waals surface area (Å²) >= 11 is 0. The summed E-state index contributed by atoms with van der Waals surface area (Å²) in [6.07, 6.45) is 3.25. The van der Waals surface area contributed by atoms with Crippen molar-refractivity contribution in [3.05, 3.63) is 41.9 Å². The maximum Gasteiger partial charge on any atom is 0.254 e. The molecule has 0 aliphatic carbocycles. The van der Waals surface area contributed by atoms with Gasteiger partial charge in [0.2, 0.25) is 5.91 Å². The number of aromatic nitrogens is 3. The first-order valence-corrected chi connectivity index (χ1v) is 8.47. The molecule has 0 fully saturated rings. The summed E-state index contributed by atoms with van der Waals surface area (Å²) in [4.78, 5) is 28.3. The molecule has 0 aromatic carbocycles. The van der Waals surface area contributed by atoms with Gasteiger partial charge in [-0.2, -0.15) is 5.10 Å². The number of hydrogen-bond donors (Lipinski definition) is 2. The summed E-state index contributed by atoms with van der Waals surface area (Å²) in [5.74, 6) is 0.477. The van der Waals surface area contributed by atoms with Crippen LogP contribution in [-0.4, -0.2) is 39.7 Å². The Morgan fingerprint density at radius 1 is 1.12 bits per heavy atom. The molecule has 0 radical (unpaired) electrons. The van der Waals surface area contributed by atoms with Gasteiger partial charge in [-0.3, -0.25) is 9.59 Å². The van der Waals surface area contributed by atoms with Crippen molar-refractivity contribution in [2.24, 2.45) is 5.92 Å². The van der Waals surface area contributed by atoms with Gasteiger partial charge in [0.15, 0.2) is 5.82 Å². The van der Waals surface area contributed by atoms with Gasteiger partial charge >= 0.3 is 0 Å². The van der Waals surface area contributed by atoms with E-state index >= 15 is 0 Å². The molecule has 0 unspecified atom stereocenters. The minimum atomic E-state index is -0.204. The lowest BCUT2D eigenvalue weighted by Crippen LogP contribution is -2.36. The number of nitrogens with zero attached hydrogens (tertiary/aromatic N) is 3. The fourth-order valence-corrected chi connectivity index (χ4v) is 2.41. The Hall–Kier alpha value is -2.70. The van der Waals surface area contributed by atoms with E-state index in [1.165, 1.54) is 0 Å². The monoisotopic (exact) mass is 343 g/mol. The minimum absolute atomic E-state index is 0.0277. The Bertz CT molecular complexity index is 722. The fourth-order valence-electron chi connectivity index (χ4n) is 2.41. The van der Waals surface area contributed by atoms with Crippen LogP contribution in [0.1, 0.15) is 49.7 Å². The third kappa shape index (κ3) is 4.65. The first-order chi connectivity index (χ1) is 11.9. The van der Waals surface area contributed by atoms with Gasteiger partial charge in [0.25, 0.3) is 5.91 Å². The number of pyridine rings is 1. The lowest BCUT2D eigenvalue weighted by atomic mass is 10.1. The molecule has 2 aromatic rings. The van der Waals surface area contributed by atoms with Crippen LogP contribution in [-0.2, 0) is 4.79 Å². The highest BCUT2D eigenvalue weighted by atomic mass is 16.2. The van der Waals surface area contributed by atoms with E-state index in [1.807, 2.05) is 45.9 Å². The normalized spacial score (nSPS) is 11.0. The van der Waals surface area contributed by atoms with E-state index in [0.29, 0.717) is 24.5 Å². The number of rotatable bonds is 7. The topological polar surface area (TPSA) is 88.9 Å². The molecule has 0 aliphatic heterocycles. The van der Waals surface area contributed by atoms with Gasteiger partial charge in [-0.25, -0.2) is 9.67 Å². The summed E-state index contributed by atoms with van der Waals surface area (Å²) in [7, 11) is 0. The first kappa shape index (κ1) is 18.6. The molecule has 0 spiro atoms. The lowest BCUT2D eigenvalue weighted by Gasteiger charge is -2.12. The zero-order valence-corrected chi connectivity index (χ0v) is 15.1. The molecule has 2 aromatic heterocycles. The molecule has 134 valence electrons. The molecule has 2 amide bonds. The van der Waals surface area contributed by atoms with E-state index in [4.69, 9.17) is 0 Å². The van der Waals surface area contributed by atoms with Crippen molar-refractivity contribution in [2.75, 3.05) is 13.1 Å². The van der Waals surface area contributed by atoms with Crippen LogP contribution in [0.4, 0.5) is 0 Å². The van der Waals surface area contributed by atoms with E-state index in [1.54, 1.807) is 17.1 Å². The molecule has 0 atom stereocenters. The first-order valence-electron chi connectivity index (χ1n) is 8.47. The fraction of sp³-hybridized carbons (Fsp3) is 0.444. The highest BCUT2D eigenvalue weighted by molar-refractivity contribution is 5.95. The van der Waals surface area contributed by atoms with Crippen molar-refractivity contribution < 1.29 is 9.59 Å². The van der Waals surface area contributed by atoms with Gasteiger partial charge in [0.05, 0.1) is 17.5 Å². The molecule has 2 heterocycles. The maximum absolute atomic E-state index is 12.5. The SMILES string of the molecule is CC(C)C(=O)NCCNC(=O)c1cnn(-c2ccccn2)c1C(C)C. The molecule has 0 bridgehead atoms. The maximum atomic E-state index is 12.5. The summed E-state index contributed by atoms with van der Waals surface area (Å²) in [6, 6.07) is 5.56. The summed E-state index contributed by atoms with van der Waals surface area (Å²) in [5, 5.41) is 9.93. The molecule has 2 rings (SSSR count). The van der Waals surface area contributed by atoms with Crippen LogP contribution < -0.4 is 10.6 Å². The standard InChI is InChI=1S/C18H25N5O2/c1-12(2)16-14(11-22-23(16)15-7-5-6-8-19-15)18(25)21-10-9-20-17(24)13(3)4/h5-8,11-13H,9-10H2,1-4H3,(H,20,24)(H,21,25). The van der Waals surface area contributed by atoms with Crippen molar-refractivity contribution in [3.63, 3.8) is 0 Å². The summed E-state index contributed by atoms with van der Waals surface area (Å²) < 4.78 is 1.69. The third-order valence-electron chi connectivity index (χ3n) is 3.70. The van der Waals surface area contributed by atoms with Gasteiger partial charge in [-0.1, -0.05) is 33.8 Å². The van der Waals surface area contributed by atoms with Crippen LogP contribution in [0.25, 0.3) is 5.82 Å². The molecule has 0 saturated carbocycles. The van der Waals surface area contributed by atoms with Crippen LogP contribution in [0.5, 0.6) is 0 Å². The van der Waals surface area contributed by atoms with Gasteiger partial charge in [-0.05, 0) is 18.1 Å². The van der Waals surface area contributed by atoms with Gasteiger partial charge in [0, 0.05) is 25.2 Å². The number of carbonyl (C=O) groups is 2. The molecule has 7 heteroatoms. The zero-order chi connectivity index (χ0) is 18.4. The highest BCUT2D eigenvalue weighted by Gasteiger charge is 2.21.